The second kappa shape index (κ2) is 5.59. The van der Waals surface area contributed by atoms with Crippen molar-refractivity contribution >= 4 is 33.4 Å². The van der Waals surface area contributed by atoms with Crippen LogP contribution in [0.25, 0.3) is 0 Å². The maximum absolute atomic E-state index is 13.7. The van der Waals surface area contributed by atoms with Crippen molar-refractivity contribution in [3.05, 3.63) is 56.3 Å². The SMILES string of the molecule is CC1(C)CCC=C2C1=NC1=C(SCC1)C2c1ccc(F)c(Br)c1. The molecule has 23 heavy (non-hydrogen) atoms. The standard InChI is InChI=1S/C19H19BrFNS/c1-19(2)8-3-4-12-16(11-5-6-14(21)13(20)10-11)17-15(7-9-23-17)22-18(12)19/h4-6,10,16H,3,7-9H2,1-2H3. The van der Waals surface area contributed by atoms with E-state index in [0.717, 1.165) is 30.6 Å². The highest BCUT2D eigenvalue weighted by Gasteiger charge is 2.40. The van der Waals surface area contributed by atoms with Gasteiger partial charge in [-0.15, -0.1) is 11.8 Å². The molecule has 1 unspecified atom stereocenters. The second-order valence-corrected chi connectivity index (χ2v) is 9.05. The fourth-order valence-electron chi connectivity index (χ4n) is 3.79. The number of nitrogens with zero attached hydrogens (tertiary/aromatic N) is 1. The number of allylic oxidation sites excluding steroid dienone is 4. The Morgan fingerprint density at radius 2 is 2.17 bits per heavy atom. The lowest BCUT2D eigenvalue weighted by atomic mass is 9.69. The third-order valence-electron chi connectivity index (χ3n) is 5.03. The van der Waals surface area contributed by atoms with E-state index in [9.17, 15) is 4.39 Å². The van der Waals surface area contributed by atoms with Gasteiger partial charge in [0.1, 0.15) is 5.82 Å². The second-order valence-electron chi connectivity index (χ2n) is 7.06. The van der Waals surface area contributed by atoms with Crippen molar-refractivity contribution in [2.24, 2.45) is 10.4 Å². The van der Waals surface area contributed by atoms with Crippen LogP contribution in [0.1, 0.15) is 44.6 Å². The van der Waals surface area contributed by atoms with Gasteiger partial charge in [0.05, 0.1) is 15.9 Å². The number of halogens is 2. The Morgan fingerprint density at radius 1 is 1.35 bits per heavy atom. The first-order valence-corrected chi connectivity index (χ1v) is 9.85. The summed E-state index contributed by atoms with van der Waals surface area (Å²) in [6.07, 6.45) is 5.64. The van der Waals surface area contributed by atoms with Crippen molar-refractivity contribution in [3.63, 3.8) is 0 Å². The highest BCUT2D eigenvalue weighted by Crippen LogP contribution is 2.52. The van der Waals surface area contributed by atoms with E-state index in [2.05, 4.69) is 35.9 Å². The van der Waals surface area contributed by atoms with Crippen LogP contribution in [0.15, 0.2) is 49.9 Å². The third kappa shape index (κ3) is 2.54. The van der Waals surface area contributed by atoms with Gasteiger partial charge in [0.2, 0.25) is 0 Å². The summed E-state index contributed by atoms with van der Waals surface area (Å²) in [5.74, 6) is 1.12. The van der Waals surface area contributed by atoms with E-state index >= 15 is 0 Å². The molecule has 1 atom stereocenters. The van der Waals surface area contributed by atoms with E-state index in [1.165, 1.54) is 21.9 Å². The summed E-state index contributed by atoms with van der Waals surface area (Å²) >= 11 is 5.27. The molecule has 120 valence electrons. The highest BCUT2D eigenvalue weighted by atomic mass is 79.9. The topological polar surface area (TPSA) is 12.4 Å². The maximum atomic E-state index is 13.7. The molecular formula is C19H19BrFNS. The molecular weight excluding hydrogens is 373 g/mol. The summed E-state index contributed by atoms with van der Waals surface area (Å²) in [6.45, 7) is 4.59. The fourth-order valence-corrected chi connectivity index (χ4v) is 5.44. The lowest BCUT2D eigenvalue weighted by Crippen LogP contribution is -2.33. The molecule has 0 amide bonds. The van der Waals surface area contributed by atoms with Crippen LogP contribution >= 0.6 is 27.7 Å². The van der Waals surface area contributed by atoms with Gasteiger partial charge in [0.25, 0.3) is 0 Å². The number of rotatable bonds is 1. The van der Waals surface area contributed by atoms with E-state index in [4.69, 9.17) is 4.99 Å². The van der Waals surface area contributed by atoms with E-state index < -0.39 is 0 Å². The average molecular weight is 392 g/mol. The average Bonchev–Trinajstić information content (AvgIpc) is 2.96. The highest BCUT2D eigenvalue weighted by molar-refractivity contribution is 9.10. The van der Waals surface area contributed by atoms with Crippen molar-refractivity contribution in [2.45, 2.75) is 39.0 Å². The van der Waals surface area contributed by atoms with Gasteiger partial charge in [0, 0.05) is 22.0 Å². The largest absolute Gasteiger partial charge is 0.256 e. The van der Waals surface area contributed by atoms with E-state index in [1.807, 2.05) is 23.9 Å². The molecule has 0 saturated heterocycles. The van der Waals surface area contributed by atoms with Crippen molar-refractivity contribution in [1.29, 1.82) is 0 Å². The molecule has 0 bridgehead atoms. The molecule has 0 saturated carbocycles. The van der Waals surface area contributed by atoms with Crippen molar-refractivity contribution in [2.75, 3.05) is 5.75 Å². The van der Waals surface area contributed by atoms with E-state index in [0.29, 0.717) is 4.47 Å². The number of aliphatic imine (C=N–C) groups is 1. The van der Waals surface area contributed by atoms with Gasteiger partial charge in [-0.05, 0) is 58.5 Å². The molecule has 2 heterocycles. The first kappa shape index (κ1) is 15.6. The lowest BCUT2D eigenvalue weighted by Gasteiger charge is -2.38. The Hall–Kier alpha value is -0.870. The Labute approximate surface area is 149 Å². The lowest BCUT2D eigenvalue weighted by molar-refractivity contribution is 0.466. The van der Waals surface area contributed by atoms with Crippen LogP contribution in [0, 0.1) is 11.2 Å². The molecule has 0 N–H and O–H groups in total. The maximum Gasteiger partial charge on any atom is 0.137 e. The van der Waals surface area contributed by atoms with Crippen LogP contribution in [-0.2, 0) is 0 Å². The molecule has 1 nitrogen and oxygen atoms in total. The first-order valence-electron chi connectivity index (χ1n) is 8.08. The zero-order valence-electron chi connectivity index (χ0n) is 13.3. The van der Waals surface area contributed by atoms with Crippen LogP contribution < -0.4 is 0 Å². The Balaban J connectivity index is 1.89. The number of hydrogen-bond donors (Lipinski definition) is 0. The Morgan fingerprint density at radius 3 is 2.96 bits per heavy atom. The predicted octanol–water partition coefficient (Wildman–Crippen LogP) is 6.22. The smallest absolute Gasteiger partial charge is 0.137 e. The predicted molar refractivity (Wildman–Crippen MR) is 99.5 cm³/mol. The Kier molecular flexibility index (Phi) is 3.80. The zero-order chi connectivity index (χ0) is 16.2. The molecule has 1 aliphatic carbocycles. The normalized spacial score (nSPS) is 25.7. The van der Waals surface area contributed by atoms with Crippen LogP contribution in [-0.4, -0.2) is 11.5 Å². The summed E-state index contributed by atoms with van der Waals surface area (Å²) in [6, 6.07) is 5.44. The van der Waals surface area contributed by atoms with Gasteiger partial charge in [-0.3, -0.25) is 4.99 Å². The van der Waals surface area contributed by atoms with Crippen LogP contribution in [0.5, 0.6) is 0 Å². The molecule has 0 spiro atoms. The molecule has 4 rings (SSSR count). The van der Waals surface area contributed by atoms with Crippen molar-refractivity contribution in [3.8, 4) is 0 Å². The van der Waals surface area contributed by atoms with Crippen LogP contribution in [0.4, 0.5) is 4.39 Å². The van der Waals surface area contributed by atoms with Crippen LogP contribution in [0.3, 0.4) is 0 Å². The number of hydrogen-bond acceptors (Lipinski definition) is 2. The van der Waals surface area contributed by atoms with Gasteiger partial charge in [-0.25, -0.2) is 4.39 Å². The molecule has 3 aliphatic rings. The number of thioether (sulfide) groups is 1. The minimum atomic E-state index is -0.204. The van der Waals surface area contributed by atoms with Gasteiger partial charge in [-0.1, -0.05) is 26.0 Å². The molecule has 0 radical (unpaired) electrons. The molecule has 4 heteroatoms. The summed E-state index contributed by atoms with van der Waals surface area (Å²) < 4.78 is 14.2. The summed E-state index contributed by atoms with van der Waals surface area (Å²) in [4.78, 5) is 6.43. The fraction of sp³-hybridized carbons (Fsp3) is 0.421. The van der Waals surface area contributed by atoms with Gasteiger partial charge < -0.3 is 0 Å². The third-order valence-corrected chi connectivity index (χ3v) is 6.82. The minimum absolute atomic E-state index is 0.116. The van der Waals surface area contributed by atoms with E-state index in [1.54, 1.807) is 6.07 Å². The van der Waals surface area contributed by atoms with Crippen molar-refractivity contribution in [1.82, 2.24) is 0 Å². The monoisotopic (exact) mass is 391 g/mol. The van der Waals surface area contributed by atoms with Gasteiger partial charge in [-0.2, -0.15) is 0 Å². The van der Waals surface area contributed by atoms with Crippen molar-refractivity contribution < 1.29 is 4.39 Å². The first-order chi connectivity index (χ1) is 11.0. The summed E-state index contributed by atoms with van der Waals surface area (Å²) in [5.41, 5.74) is 5.12. The molecule has 1 aromatic carbocycles. The van der Waals surface area contributed by atoms with Crippen LogP contribution in [0.2, 0.25) is 0 Å². The van der Waals surface area contributed by atoms with E-state index in [-0.39, 0.29) is 17.2 Å². The van der Waals surface area contributed by atoms with Gasteiger partial charge in [0.15, 0.2) is 0 Å². The Bertz CT molecular complexity index is 776. The molecule has 0 fully saturated rings. The minimum Gasteiger partial charge on any atom is -0.256 e. The van der Waals surface area contributed by atoms with Gasteiger partial charge >= 0.3 is 0 Å². The summed E-state index contributed by atoms with van der Waals surface area (Å²) in [7, 11) is 0. The molecule has 2 aliphatic heterocycles. The quantitative estimate of drug-likeness (QED) is 0.553. The number of fused-ring (bicyclic) bond motifs is 1. The molecule has 0 aromatic heterocycles. The summed E-state index contributed by atoms with van der Waals surface area (Å²) in [5, 5.41) is 0. The zero-order valence-corrected chi connectivity index (χ0v) is 15.7. The number of benzene rings is 1. The molecule has 1 aromatic rings.